The van der Waals surface area contributed by atoms with Crippen LogP contribution < -0.4 is 15.5 Å². The lowest BCUT2D eigenvalue weighted by Gasteiger charge is -2.32. The first kappa shape index (κ1) is 18.5. The van der Waals surface area contributed by atoms with Crippen molar-refractivity contribution in [2.75, 3.05) is 29.1 Å². The minimum Gasteiger partial charge on any atom is -0.386 e. The lowest BCUT2D eigenvalue weighted by atomic mass is 10.0. The molecule has 5 rings (SSSR count). The first-order valence-corrected chi connectivity index (χ1v) is 10.4. The molecule has 0 spiro atoms. The van der Waals surface area contributed by atoms with Gasteiger partial charge in [-0.1, -0.05) is 18.2 Å². The minimum absolute atomic E-state index is 0.727. The molecule has 0 atom stereocenters. The molecule has 0 fully saturated rings. The molecule has 2 aromatic heterocycles. The van der Waals surface area contributed by atoms with Crippen LogP contribution in [0.4, 0.5) is 17.2 Å². The van der Waals surface area contributed by atoms with E-state index in [-0.39, 0.29) is 0 Å². The van der Waals surface area contributed by atoms with Gasteiger partial charge in [0.05, 0.1) is 17.1 Å². The molecule has 6 heteroatoms. The van der Waals surface area contributed by atoms with Crippen LogP contribution in [0.3, 0.4) is 0 Å². The van der Waals surface area contributed by atoms with Crippen molar-refractivity contribution in [2.45, 2.75) is 26.4 Å². The molecular formula is C24H26N6. The molecule has 0 aliphatic carbocycles. The van der Waals surface area contributed by atoms with E-state index in [2.05, 4.69) is 79.9 Å². The average molecular weight is 399 g/mol. The molecule has 0 radical (unpaired) electrons. The van der Waals surface area contributed by atoms with E-state index < -0.39 is 0 Å². The number of nitrogens with one attached hydrogen (secondary N) is 3. The van der Waals surface area contributed by atoms with Gasteiger partial charge >= 0.3 is 0 Å². The van der Waals surface area contributed by atoms with E-state index >= 15 is 0 Å². The molecular weight excluding hydrogens is 372 g/mol. The number of aryl methyl sites for hydroxylation is 1. The van der Waals surface area contributed by atoms with Gasteiger partial charge in [0.2, 0.25) is 0 Å². The van der Waals surface area contributed by atoms with Crippen LogP contribution in [0.5, 0.6) is 0 Å². The van der Waals surface area contributed by atoms with Crippen LogP contribution in [-0.2, 0) is 19.5 Å². The lowest BCUT2D eigenvalue weighted by Crippen LogP contribution is -2.32. The predicted octanol–water partition coefficient (Wildman–Crippen LogP) is 4.48. The number of hydrogen-bond donors (Lipinski definition) is 3. The third-order valence-electron chi connectivity index (χ3n) is 5.84. The van der Waals surface area contributed by atoms with E-state index in [0.717, 1.165) is 48.8 Å². The third kappa shape index (κ3) is 3.45. The molecule has 6 nitrogen and oxygen atoms in total. The highest BCUT2D eigenvalue weighted by molar-refractivity contribution is 5.80. The Bertz CT molecular complexity index is 1200. The first-order valence-electron chi connectivity index (χ1n) is 10.4. The number of rotatable bonds is 5. The Morgan fingerprint density at radius 2 is 2.03 bits per heavy atom. The van der Waals surface area contributed by atoms with Gasteiger partial charge in [-0.3, -0.25) is 0 Å². The summed E-state index contributed by atoms with van der Waals surface area (Å²) in [5.74, 6) is 0.925. The number of nitrogens with zero attached hydrogens (tertiary/aromatic N) is 3. The van der Waals surface area contributed by atoms with Crippen molar-refractivity contribution in [1.82, 2.24) is 15.0 Å². The summed E-state index contributed by atoms with van der Waals surface area (Å²) in [6, 6.07) is 15.2. The Kier molecular flexibility index (Phi) is 4.75. The van der Waals surface area contributed by atoms with Gasteiger partial charge in [-0.05, 0) is 47.7 Å². The van der Waals surface area contributed by atoms with Gasteiger partial charge in [0.1, 0.15) is 12.1 Å². The van der Waals surface area contributed by atoms with Crippen LogP contribution in [-0.4, -0.2) is 28.5 Å². The standard InChI is InChI=1S/C24H26N6/c1-16-3-6-23(22(11-16)25-2)30-10-8-20-19(14-30)24(29-15-28-20)27-13-17-4-5-18-7-9-26-21(18)12-17/h3-7,9,11-12,15,25-26H,8,10,13-14H2,1-2H3,(H,27,28,29). The van der Waals surface area contributed by atoms with E-state index in [1.165, 1.54) is 27.8 Å². The Labute approximate surface area is 176 Å². The first-order chi connectivity index (χ1) is 14.7. The molecule has 0 bridgehead atoms. The van der Waals surface area contributed by atoms with Crippen LogP contribution in [0, 0.1) is 6.92 Å². The molecule has 0 saturated carbocycles. The molecule has 2 aromatic carbocycles. The summed E-state index contributed by atoms with van der Waals surface area (Å²) in [6.07, 6.45) is 4.57. The molecule has 152 valence electrons. The lowest BCUT2D eigenvalue weighted by molar-refractivity contribution is 0.706. The maximum Gasteiger partial charge on any atom is 0.134 e. The Hall–Kier alpha value is -3.54. The molecule has 3 N–H and O–H groups in total. The SMILES string of the molecule is CNc1cc(C)ccc1N1CCc2ncnc(NCc3ccc4cc[nH]c4c3)c2C1. The van der Waals surface area contributed by atoms with Crippen LogP contribution in [0.1, 0.15) is 22.4 Å². The van der Waals surface area contributed by atoms with Gasteiger partial charge in [-0.2, -0.15) is 0 Å². The van der Waals surface area contributed by atoms with Crippen molar-refractivity contribution < 1.29 is 0 Å². The number of H-pyrrole nitrogens is 1. The fourth-order valence-electron chi connectivity index (χ4n) is 4.22. The molecule has 0 unspecified atom stereocenters. The minimum atomic E-state index is 0.727. The smallest absolute Gasteiger partial charge is 0.134 e. The molecule has 0 saturated heterocycles. The zero-order chi connectivity index (χ0) is 20.5. The van der Waals surface area contributed by atoms with Gasteiger partial charge in [-0.25, -0.2) is 9.97 Å². The number of aromatic nitrogens is 3. The molecule has 4 aromatic rings. The van der Waals surface area contributed by atoms with Crippen LogP contribution in [0.2, 0.25) is 0 Å². The van der Waals surface area contributed by atoms with Gasteiger partial charge < -0.3 is 20.5 Å². The second-order valence-corrected chi connectivity index (χ2v) is 7.84. The number of benzene rings is 2. The van der Waals surface area contributed by atoms with Crippen molar-refractivity contribution in [1.29, 1.82) is 0 Å². The summed E-state index contributed by atoms with van der Waals surface area (Å²) in [4.78, 5) is 14.8. The van der Waals surface area contributed by atoms with Crippen molar-refractivity contribution in [3.05, 3.63) is 77.4 Å². The van der Waals surface area contributed by atoms with E-state index in [0.29, 0.717) is 0 Å². The summed E-state index contributed by atoms with van der Waals surface area (Å²) in [5, 5.41) is 8.12. The molecule has 1 aliphatic heterocycles. The summed E-state index contributed by atoms with van der Waals surface area (Å²) < 4.78 is 0. The Balaban J connectivity index is 1.39. The fraction of sp³-hybridized carbons (Fsp3) is 0.250. The van der Waals surface area contributed by atoms with Crippen molar-refractivity contribution in [3.63, 3.8) is 0 Å². The summed E-state index contributed by atoms with van der Waals surface area (Å²) >= 11 is 0. The van der Waals surface area contributed by atoms with Crippen molar-refractivity contribution >= 4 is 28.1 Å². The van der Waals surface area contributed by atoms with Crippen LogP contribution >= 0.6 is 0 Å². The Morgan fingerprint density at radius 1 is 1.10 bits per heavy atom. The van der Waals surface area contributed by atoms with E-state index in [1.54, 1.807) is 6.33 Å². The Morgan fingerprint density at radius 3 is 2.93 bits per heavy atom. The summed E-state index contributed by atoms with van der Waals surface area (Å²) in [6.45, 7) is 4.60. The summed E-state index contributed by atoms with van der Waals surface area (Å²) in [7, 11) is 1.98. The zero-order valence-corrected chi connectivity index (χ0v) is 17.4. The summed E-state index contributed by atoms with van der Waals surface area (Å²) in [5.41, 5.74) is 8.34. The van der Waals surface area contributed by atoms with Gasteiger partial charge in [0.15, 0.2) is 0 Å². The number of fused-ring (bicyclic) bond motifs is 2. The van der Waals surface area contributed by atoms with Gasteiger partial charge in [0.25, 0.3) is 0 Å². The maximum absolute atomic E-state index is 4.57. The number of aromatic amines is 1. The normalized spacial score (nSPS) is 13.3. The molecule has 30 heavy (non-hydrogen) atoms. The molecule has 3 heterocycles. The average Bonchev–Trinajstić information content (AvgIpc) is 3.25. The van der Waals surface area contributed by atoms with Crippen molar-refractivity contribution in [3.8, 4) is 0 Å². The highest BCUT2D eigenvalue weighted by Gasteiger charge is 2.22. The fourth-order valence-corrected chi connectivity index (χ4v) is 4.22. The van der Waals surface area contributed by atoms with Crippen molar-refractivity contribution in [2.24, 2.45) is 0 Å². The number of hydrogen-bond acceptors (Lipinski definition) is 5. The molecule has 1 aliphatic rings. The topological polar surface area (TPSA) is 68.9 Å². The predicted molar refractivity (Wildman–Crippen MR) is 123 cm³/mol. The molecule has 0 amide bonds. The van der Waals surface area contributed by atoms with Gasteiger partial charge in [0, 0.05) is 50.4 Å². The maximum atomic E-state index is 4.57. The zero-order valence-electron chi connectivity index (χ0n) is 17.4. The van der Waals surface area contributed by atoms with E-state index in [4.69, 9.17) is 0 Å². The number of anilines is 3. The van der Waals surface area contributed by atoms with Crippen LogP contribution in [0.15, 0.2) is 55.0 Å². The highest BCUT2D eigenvalue weighted by atomic mass is 15.2. The van der Waals surface area contributed by atoms with Crippen LogP contribution in [0.25, 0.3) is 10.9 Å². The second kappa shape index (κ2) is 7.71. The quantitative estimate of drug-likeness (QED) is 0.462. The third-order valence-corrected chi connectivity index (χ3v) is 5.84. The van der Waals surface area contributed by atoms with Gasteiger partial charge in [-0.15, -0.1) is 0 Å². The second-order valence-electron chi connectivity index (χ2n) is 7.84. The van der Waals surface area contributed by atoms with E-state index in [1.807, 2.05) is 13.2 Å². The monoisotopic (exact) mass is 398 g/mol. The largest absolute Gasteiger partial charge is 0.386 e. The highest BCUT2D eigenvalue weighted by Crippen LogP contribution is 2.32. The van der Waals surface area contributed by atoms with E-state index in [9.17, 15) is 0 Å².